The molecule has 6 heteroatoms. The summed E-state index contributed by atoms with van der Waals surface area (Å²) in [6.45, 7) is 6.35. The molecule has 0 saturated carbocycles. The Labute approximate surface area is 128 Å². The number of rotatable bonds is 2. The van der Waals surface area contributed by atoms with Crippen molar-refractivity contribution in [3.63, 3.8) is 0 Å². The van der Waals surface area contributed by atoms with Crippen molar-refractivity contribution in [2.45, 2.75) is 26.2 Å². The maximum absolute atomic E-state index is 11.8. The Morgan fingerprint density at radius 2 is 1.82 bits per heavy atom. The van der Waals surface area contributed by atoms with E-state index < -0.39 is 6.09 Å². The summed E-state index contributed by atoms with van der Waals surface area (Å²) in [4.78, 5) is 11.8. The first-order chi connectivity index (χ1) is 10.4. The molecule has 1 aromatic carbocycles. The fraction of sp³-hybridized carbons (Fsp3) is 0.250. The third kappa shape index (κ3) is 4.03. The van der Waals surface area contributed by atoms with Crippen molar-refractivity contribution in [1.29, 1.82) is 5.26 Å². The highest BCUT2D eigenvalue weighted by Gasteiger charge is 2.13. The molecule has 1 amide bonds. The number of amides is 1. The van der Waals surface area contributed by atoms with Crippen molar-refractivity contribution in [2.24, 2.45) is 0 Å². The average Bonchev–Trinajstić information content (AvgIpc) is 2.47. The number of nitrogens with zero attached hydrogens (tertiary/aromatic N) is 3. The molecule has 0 unspecified atom stereocenters. The highest BCUT2D eigenvalue weighted by molar-refractivity contribution is 5.86. The second-order valence-corrected chi connectivity index (χ2v) is 5.71. The fourth-order valence-electron chi connectivity index (χ4n) is 1.73. The lowest BCUT2D eigenvalue weighted by molar-refractivity contribution is 0.213. The molecule has 22 heavy (non-hydrogen) atoms. The summed E-state index contributed by atoms with van der Waals surface area (Å²) in [6.07, 6.45) is -0.664. The van der Waals surface area contributed by atoms with Crippen molar-refractivity contribution in [1.82, 2.24) is 10.2 Å². The number of aromatic nitrogens is 2. The van der Waals surface area contributed by atoms with Crippen LogP contribution in [0.2, 0.25) is 0 Å². The Morgan fingerprint density at radius 1 is 1.14 bits per heavy atom. The summed E-state index contributed by atoms with van der Waals surface area (Å²) in [5.41, 5.74) is 2.01. The first-order valence-corrected chi connectivity index (χ1v) is 6.72. The highest BCUT2D eigenvalue weighted by atomic mass is 16.6. The summed E-state index contributed by atoms with van der Waals surface area (Å²) < 4.78 is 4.98. The van der Waals surface area contributed by atoms with E-state index >= 15 is 0 Å². The van der Waals surface area contributed by atoms with Gasteiger partial charge in [-0.1, -0.05) is 32.9 Å². The number of ether oxygens (including phenoxy) is 1. The van der Waals surface area contributed by atoms with Gasteiger partial charge in [0.05, 0.1) is 0 Å². The molecule has 2 aromatic rings. The van der Waals surface area contributed by atoms with Crippen LogP contribution in [0.15, 0.2) is 36.4 Å². The van der Waals surface area contributed by atoms with Crippen LogP contribution in [0.4, 0.5) is 10.5 Å². The van der Waals surface area contributed by atoms with E-state index in [0.717, 1.165) is 0 Å². The minimum Gasteiger partial charge on any atom is -0.389 e. The van der Waals surface area contributed by atoms with Crippen LogP contribution in [0.1, 0.15) is 32.0 Å². The van der Waals surface area contributed by atoms with E-state index in [9.17, 15) is 4.79 Å². The molecule has 0 aliphatic carbocycles. The van der Waals surface area contributed by atoms with Crippen LogP contribution in [-0.2, 0) is 5.41 Å². The average molecular weight is 296 g/mol. The Kier molecular flexibility index (Phi) is 4.37. The van der Waals surface area contributed by atoms with Gasteiger partial charge in [-0.25, -0.2) is 4.79 Å². The normalized spacial score (nSPS) is 10.6. The number of hydrogen-bond donors (Lipinski definition) is 1. The molecule has 2 rings (SSSR count). The van der Waals surface area contributed by atoms with Gasteiger partial charge in [0.25, 0.3) is 0 Å². The van der Waals surface area contributed by atoms with E-state index in [2.05, 4.69) is 36.3 Å². The van der Waals surface area contributed by atoms with E-state index in [1.807, 2.05) is 30.3 Å². The van der Waals surface area contributed by atoms with Crippen LogP contribution < -0.4 is 10.1 Å². The summed E-state index contributed by atoms with van der Waals surface area (Å²) >= 11 is 0. The maximum atomic E-state index is 11.8. The van der Waals surface area contributed by atoms with Crippen LogP contribution in [0.5, 0.6) is 5.88 Å². The summed E-state index contributed by atoms with van der Waals surface area (Å²) in [6, 6.07) is 12.2. The van der Waals surface area contributed by atoms with Crippen molar-refractivity contribution < 1.29 is 9.53 Å². The number of carbonyl (C=O) groups is 1. The van der Waals surface area contributed by atoms with E-state index in [4.69, 9.17) is 10.00 Å². The van der Waals surface area contributed by atoms with Gasteiger partial charge in [-0.3, -0.25) is 5.32 Å². The van der Waals surface area contributed by atoms with E-state index in [0.29, 0.717) is 5.69 Å². The molecule has 112 valence electrons. The molecule has 0 saturated heterocycles. The Hall–Kier alpha value is -2.94. The van der Waals surface area contributed by atoms with Crippen molar-refractivity contribution in [3.8, 4) is 11.9 Å². The zero-order valence-corrected chi connectivity index (χ0v) is 12.6. The van der Waals surface area contributed by atoms with Gasteiger partial charge in [0.15, 0.2) is 5.69 Å². The van der Waals surface area contributed by atoms with Gasteiger partial charge in [0.2, 0.25) is 5.88 Å². The molecule has 0 spiro atoms. The van der Waals surface area contributed by atoms with Gasteiger partial charge in [-0.2, -0.15) is 5.26 Å². The molecule has 0 bridgehead atoms. The lowest BCUT2D eigenvalue weighted by Gasteiger charge is -2.19. The van der Waals surface area contributed by atoms with Crippen LogP contribution >= 0.6 is 0 Å². The quantitative estimate of drug-likeness (QED) is 0.919. The largest absolute Gasteiger partial charge is 0.418 e. The van der Waals surface area contributed by atoms with E-state index in [1.54, 1.807) is 0 Å². The Balaban J connectivity index is 1.98. The Bertz CT molecular complexity index is 695. The summed E-state index contributed by atoms with van der Waals surface area (Å²) in [5, 5.41) is 18.4. The second-order valence-electron chi connectivity index (χ2n) is 5.71. The molecule has 0 radical (unpaired) electrons. The molecular formula is C16H16N4O2. The summed E-state index contributed by atoms with van der Waals surface area (Å²) in [5.74, 6) is 0.0304. The van der Waals surface area contributed by atoms with Crippen molar-refractivity contribution in [2.75, 3.05) is 5.32 Å². The number of hydrogen-bond acceptors (Lipinski definition) is 5. The number of anilines is 1. The molecule has 6 nitrogen and oxygen atoms in total. The molecular weight excluding hydrogens is 280 g/mol. The van der Waals surface area contributed by atoms with Gasteiger partial charge in [0, 0.05) is 11.8 Å². The van der Waals surface area contributed by atoms with Crippen LogP contribution in [-0.4, -0.2) is 16.3 Å². The van der Waals surface area contributed by atoms with Gasteiger partial charge in [0.1, 0.15) is 6.07 Å². The topological polar surface area (TPSA) is 87.9 Å². The first-order valence-electron chi connectivity index (χ1n) is 6.72. The fourth-order valence-corrected chi connectivity index (χ4v) is 1.73. The lowest BCUT2D eigenvalue weighted by Crippen LogP contribution is -2.18. The number of nitriles is 1. The molecule has 0 aliphatic rings. The third-order valence-corrected chi connectivity index (χ3v) is 2.95. The minimum atomic E-state index is -0.664. The van der Waals surface area contributed by atoms with Gasteiger partial charge >= 0.3 is 6.09 Å². The third-order valence-electron chi connectivity index (χ3n) is 2.95. The number of nitrogens with one attached hydrogen (secondary N) is 1. The maximum Gasteiger partial charge on any atom is 0.418 e. The minimum absolute atomic E-state index is 0.0304. The standard InChI is InChI=1S/C16H16N4O2/c1-16(2,3)11-4-6-12(7-5-11)18-15(21)22-14-9-8-13(10-17)19-20-14/h4-9H,1-3H3,(H,18,21). The number of carbonyl (C=O) groups excluding carboxylic acids is 1. The molecule has 0 fully saturated rings. The predicted molar refractivity (Wildman–Crippen MR) is 81.5 cm³/mol. The summed E-state index contributed by atoms with van der Waals surface area (Å²) in [7, 11) is 0. The van der Waals surface area contributed by atoms with Gasteiger partial charge in [-0.15, -0.1) is 10.2 Å². The van der Waals surface area contributed by atoms with Crippen molar-refractivity contribution in [3.05, 3.63) is 47.7 Å². The monoisotopic (exact) mass is 296 g/mol. The molecule has 1 aromatic heterocycles. The number of benzene rings is 1. The van der Waals surface area contributed by atoms with E-state index in [-0.39, 0.29) is 17.0 Å². The van der Waals surface area contributed by atoms with Crippen LogP contribution in [0, 0.1) is 11.3 Å². The first kappa shape index (κ1) is 15.4. The zero-order valence-electron chi connectivity index (χ0n) is 12.6. The second kappa shape index (κ2) is 6.22. The molecule has 1 heterocycles. The smallest absolute Gasteiger partial charge is 0.389 e. The van der Waals surface area contributed by atoms with Crippen molar-refractivity contribution >= 4 is 11.8 Å². The zero-order chi connectivity index (χ0) is 16.2. The van der Waals surface area contributed by atoms with Gasteiger partial charge in [-0.05, 0) is 29.2 Å². The highest BCUT2D eigenvalue weighted by Crippen LogP contribution is 2.23. The van der Waals surface area contributed by atoms with Crippen LogP contribution in [0.3, 0.4) is 0 Å². The van der Waals surface area contributed by atoms with E-state index in [1.165, 1.54) is 17.7 Å². The van der Waals surface area contributed by atoms with Gasteiger partial charge < -0.3 is 4.74 Å². The molecule has 1 N–H and O–H groups in total. The predicted octanol–water partition coefficient (Wildman–Crippen LogP) is 3.26. The van der Waals surface area contributed by atoms with Crippen LogP contribution in [0.25, 0.3) is 0 Å². The lowest BCUT2D eigenvalue weighted by atomic mass is 9.87. The molecule has 0 aliphatic heterocycles. The molecule has 0 atom stereocenters. The Morgan fingerprint density at radius 3 is 2.32 bits per heavy atom. The SMILES string of the molecule is CC(C)(C)c1ccc(NC(=O)Oc2ccc(C#N)nn2)cc1.